The Morgan fingerprint density at radius 1 is 1.20 bits per heavy atom. The van der Waals surface area contributed by atoms with Gasteiger partial charge in [0.25, 0.3) is 5.91 Å². The number of hydrogen-bond acceptors (Lipinski definition) is 10. The van der Waals surface area contributed by atoms with Crippen molar-refractivity contribution in [3.8, 4) is 11.5 Å². The van der Waals surface area contributed by atoms with E-state index in [9.17, 15) is 14.7 Å². The van der Waals surface area contributed by atoms with Crippen molar-refractivity contribution in [1.82, 2.24) is 40.0 Å². The normalized spacial score (nSPS) is 23.0. The van der Waals surface area contributed by atoms with Crippen LogP contribution in [0.3, 0.4) is 0 Å². The van der Waals surface area contributed by atoms with Crippen LogP contribution in [0.4, 0.5) is 10.6 Å². The number of pyridine rings is 2. The fraction of sp³-hybridized carbons (Fsp3) is 0.519. The van der Waals surface area contributed by atoms with Gasteiger partial charge in [-0.1, -0.05) is 6.07 Å². The highest BCUT2D eigenvalue weighted by Gasteiger charge is 2.40. The Morgan fingerprint density at radius 2 is 2.00 bits per heavy atom. The Morgan fingerprint density at radius 3 is 2.77 bits per heavy atom. The summed E-state index contributed by atoms with van der Waals surface area (Å²) >= 11 is 0. The number of aromatic nitrogens is 6. The van der Waals surface area contributed by atoms with Crippen molar-refractivity contribution in [1.29, 1.82) is 0 Å². The zero-order valence-electron chi connectivity index (χ0n) is 22.6. The lowest BCUT2D eigenvalue weighted by atomic mass is 10.0. The summed E-state index contributed by atoms with van der Waals surface area (Å²) < 4.78 is 7.41. The minimum Gasteiger partial charge on any atom is -0.446 e. The zero-order valence-corrected chi connectivity index (χ0v) is 22.6. The first kappa shape index (κ1) is 26.3. The molecular formula is C27H33N9O4. The van der Waals surface area contributed by atoms with Crippen LogP contribution < -0.4 is 5.32 Å². The Bertz CT molecular complexity index is 1400. The van der Waals surface area contributed by atoms with Gasteiger partial charge in [-0.25, -0.2) is 14.5 Å². The second-order valence-electron chi connectivity index (χ2n) is 10.9. The van der Waals surface area contributed by atoms with Crippen LogP contribution in [-0.2, 0) is 17.7 Å². The number of carbonyl (C=O) groups excluding carboxylic acids is 2. The number of piperidine rings is 1. The molecule has 0 radical (unpaired) electrons. The maximum atomic E-state index is 13.1. The topological polar surface area (TPSA) is 151 Å². The average molecular weight is 548 g/mol. The molecule has 3 atom stereocenters. The molecule has 0 aromatic carbocycles. The largest absolute Gasteiger partial charge is 0.446 e. The molecule has 2 fully saturated rings. The number of nitrogens with zero attached hydrogens (tertiary/aromatic N) is 8. The molecule has 6 rings (SSSR count). The van der Waals surface area contributed by atoms with E-state index in [2.05, 4.69) is 42.8 Å². The van der Waals surface area contributed by atoms with Crippen molar-refractivity contribution in [3.63, 3.8) is 0 Å². The summed E-state index contributed by atoms with van der Waals surface area (Å²) in [6.07, 6.45) is 6.15. The maximum absolute atomic E-state index is 13.1. The predicted octanol–water partition coefficient (Wildman–Crippen LogP) is 2.06. The third kappa shape index (κ3) is 5.13. The molecule has 3 aromatic rings. The molecule has 3 aliphatic heterocycles. The quantitative estimate of drug-likeness (QED) is 0.469. The van der Waals surface area contributed by atoms with E-state index in [-0.39, 0.29) is 30.5 Å². The molecule has 2 amide bonds. The molecule has 2 saturated heterocycles. The van der Waals surface area contributed by atoms with E-state index >= 15 is 0 Å². The van der Waals surface area contributed by atoms with Crippen LogP contribution in [-0.4, -0.2) is 95.5 Å². The van der Waals surface area contributed by atoms with Crippen LogP contribution >= 0.6 is 0 Å². The summed E-state index contributed by atoms with van der Waals surface area (Å²) in [7, 11) is 2.17. The van der Waals surface area contributed by atoms with E-state index in [0.29, 0.717) is 48.9 Å². The lowest BCUT2D eigenvalue weighted by Crippen LogP contribution is -2.45. The van der Waals surface area contributed by atoms with Crippen LogP contribution in [0, 0.1) is 0 Å². The van der Waals surface area contributed by atoms with Crippen molar-refractivity contribution in [3.05, 3.63) is 47.3 Å². The number of hydrogen-bond donors (Lipinski definition) is 2. The number of ether oxygens (including phenoxy) is 1. The van der Waals surface area contributed by atoms with Gasteiger partial charge >= 0.3 is 6.09 Å². The van der Waals surface area contributed by atoms with Crippen LogP contribution in [0.5, 0.6) is 0 Å². The van der Waals surface area contributed by atoms with Crippen molar-refractivity contribution in [2.45, 2.75) is 69.8 Å². The predicted molar refractivity (Wildman–Crippen MR) is 143 cm³/mol. The molecule has 40 heavy (non-hydrogen) atoms. The maximum Gasteiger partial charge on any atom is 0.410 e. The SMILES string of the molecule is C[C@H](CO)n1nnnc1-c1cccc(NC(=O)c2cc3c(cn2)CCN(C(=O)OC2CC4CCC(C2)N4C)C3)n1. The van der Waals surface area contributed by atoms with Crippen LogP contribution in [0.1, 0.15) is 60.3 Å². The highest BCUT2D eigenvalue weighted by molar-refractivity contribution is 6.02. The Labute approximate surface area is 231 Å². The molecule has 6 heterocycles. The van der Waals surface area contributed by atoms with Gasteiger partial charge in [0.05, 0.1) is 12.6 Å². The minimum atomic E-state index is -0.419. The van der Waals surface area contributed by atoms with Gasteiger partial charge in [0.2, 0.25) is 5.82 Å². The number of tetrazole rings is 1. The molecule has 0 aliphatic carbocycles. The number of amides is 2. The van der Waals surface area contributed by atoms with Crippen molar-refractivity contribution in [2.75, 3.05) is 25.5 Å². The molecule has 0 spiro atoms. The number of fused-ring (bicyclic) bond motifs is 3. The molecule has 210 valence electrons. The van der Waals surface area contributed by atoms with E-state index < -0.39 is 5.91 Å². The number of aliphatic hydroxyl groups is 1. The summed E-state index contributed by atoms with van der Waals surface area (Å²) in [6.45, 7) is 2.58. The molecule has 2 N–H and O–H groups in total. The summed E-state index contributed by atoms with van der Waals surface area (Å²) in [5, 5.41) is 23.9. The standard InChI is InChI=1S/C27H33N9O4/c1-16(15-37)36-25(31-32-33-36)22-4-3-5-24(29-22)30-26(38)23-10-18-14-35(9-8-17(18)13-28-23)27(39)40-21-11-19-6-7-20(12-21)34(19)2/h3-5,10,13,16,19-21,37H,6-9,11-12,14-15H2,1-2H3,(H,29,30,38)/t16-,19?,20?,21?/m1/s1. The fourth-order valence-corrected chi connectivity index (χ4v) is 5.94. The molecule has 0 saturated carbocycles. The first-order valence-corrected chi connectivity index (χ1v) is 13.7. The van der Waals surface area contributed by atoms with Crippen molar-refractivity contribution < 1.29 is 19.4 Å². The Balaban J connectivity index is 1.11. The summed E-state index contributed by atoms with van der Waals surface area (Å²) in [6, 6.07) is 7.52. The molecule has 3 aliphatic rings. The number of carbonyl (C=O) groups is 2. The Hall–Kier alpha value is -3.97. The van der Waals surface area contributed by atoms with Crippen LogP contribution in [0.25, 0.3) is 11.5 Å². The van der Waals surface area contributed by atoms with Gasteiger partial charge in [-0.3, -0.25) is 9.78 Å². The molecule has 13 nitrogen and oxygen atoms in total. The zero-order chi connectivity index (χ0) is 27.8. The fourth-order valence-electron chi connectivity index (χ4n) is 5.94. The highest BCUT2D eigenvalue weighted by atomic mass is 16.6. The first-order valence-electron chi connectivity index (χ1n) is 13.7. The van der Waals surface area contributed by atoms with E-state index in [1.165, 1.54) is 17.5 Å². The summed E-state index contributed by atoms with van der Waals surface area (Å²) in [5.74, 6) is 0.271. The smallest absolute Gasteiger partial charge is 0.410 e. The van der Waals surface area contributed by atoms with Gasteiger partial charge in [0.1, 0.15) is 23.3 Å². The lowest BCUT2D eigenvalue weighted by molar-refractivity contribution is 0.00900. The average Bonchev–Trinajstić information content (AvgIpc) is 3.53. The summed E-state index contributed by atoms with van der Waals surface area (Å²) in [5.41, 5.74) is 2.58. The van der Waals surface area contributed by atoms with E-state index in [0.717, 1.165) is 24.0 Å². The second kappa shape index (κ2) is 10.9. The van der Waals surface area contributed by atoms with Crippen LogP contribution in [0.15, 0.2) is 30.5 Å². The van der Waals surface area contributed by atoms with Gasteiger partial charge in [0.15, 0.2) is 0 Å². The van der Waals surface area contributed by atoms with Crippen molar-refractivity contribution in [2.24, 2.45) is 0 Å². The minimum absolute atomic E-state index is 0.0406. The summed E-state index contributed by atoms with van der Waals surface area (Å²) in [4.78, 5) is 39.1. The molecule has 2 unspecified atom stereocenters. The second-order valence-corrected chi connectivity index (χ2v) is 10.9. The molecule has 2 bridgehead atoms. The van der Waals surface area contributed by atoms with Gasteiger partial charge < -0.3 is 25.0 Å². The van der Waals surface area contributed by atoms with E-state index in [1.54, 1.807) is 42.3 Å². The Kier molecular flexibility index (Phi) is 7.15. The van der Waals surface area contributed by atoms with Crippen LogP contribution in [0.2, 0.25) is 0 Å². The van der Waals surface area contributed by atoms with Gasteiger partial charge in [-0.05, 0) is 73.0 Å². The number of anilines is 1. The molecule has 13 heteroatoms. The third-order valence-electron chi connectivity index (χ3n) is 8.30. The number of aliphatic hydroxyl groups excluding tert-OH is 1. The van der Waals surface area contributed by atoms with Gasteiger partial charge in [-0.15, -0.1) is 5.10 Å². The first-order chi connectivity index (χ1) is 19.4. The lowest BCUT2D eigenvalue weighted by Gasteiger charge is -2.37. The van der Waals surface area contributed by atoms with Gasteiger partial charge in [0, 0.05) is 44.2 Å². The molecular weight excluding hydrogens is 514 g/mol. The van der Waals surface area contributed by atoms with Gasteiger partial charge in [-0.2, -0.15) is 0 Å². The van der Waals surface area contributed by atoms with Crippen molar-refractivity contribution >= 4 is 17.8 Å². The monoisotopic (exact) mass is 547 g/mol. The van der Waals surface area contributed by atoms with E-state index in [1.807, 2.05) is 0 Å². The number of rotatable bonds is 6. The highest BCUT2D eigenvalue weighted by Crippen LogP contribution is 2.36. The van der Waals surface area contributed by atoms with E-state index in [4.69, 9.17) is 4.74 Å². The molecule has 3 aromatic heterocycles. The third-order valence-corrected chi connectivity index (χ3v) is 8.30. The number of nitrogens with one attached hydrogen (secondary N) is 1.